The molecule has 0 bridgehead atoms. The molecule has 0 spiro atoms. The van der Waals surface area contributed by atoms with Gasteiger partial charge in [-0.15, -0.1) is 0 Å². The Hall–Kier alpha value is -2.82. The molecule has 0 fully saturated rings. The van der Waals surface area contributed by atoms with Gasteiger partial charge in [0.1, 0.15) is 17.5 Å². The average Bonchev–Trinajstić information content (AvgIpc) is 2.37. The van der Waals surface area contributed by atoms with Gasteiger partial charge >= 0.3 is 6.18 Å². The van der Waals surface area contributed by atoms with E-state index in [0.29, 0.717) is 0 Å². The molecule has 2 rings (SSSR count). The van der Waals surface area contributed by atoms with Gasteiger partial charge in [-0.25, -0.2) is 4.98 Å². The lowest BCUT2D eigenvalue weighted by Gasteiger charge is -2.13. The molecule has 5 nitrogen and oxygen atoms in total. The number of nitrogens with zero attached hydrogens (tertiary/aromatic N) is 3. The minimum Gasteiger partial charge on any atom is -0.382 e. The first-order valence-electron chi connectivity index (χ1n) is 5.34. The molecule has 2 aromatic rings. The molecule has 8 heteroatoms. The molecule has 1 aromatic heterocycles. The van der Waals surface area contributed by atoms with Crippen LogP contribution in [0.3, 0.4) is 0 Å². The molecule has 1 heterocycles. The third kappa shape index (κ3) is 2.33. The van der Waals surface area contributed by atoms with E-state index in [1.54, 1.807) is 6.07 Å². The van der Waals surface area contributed by atoms with E-state index in [0.717, 1.165) is 6.07 Å². The zero-order valence-electron chi connectivity index (χ0n) is 9.94. The molecule has 0 unspecified atom stereocenters. The number of nitriles is 1. The van der Waals surface area contributed by atoms with Crippen LogP contribution >= 0.6 is 0 Å². The highest BCUT2D eigenvalue weighted by atomic mass is 19.4. The summed E-state index contributed by atoms with van der Waals surface area (Å²) in [5.41, 5.74) is 9.22. The molecule has 0 atom stereocenters. The minimum absolute atomic E-state index is 0.231. The Morgan fingerprint density at radius 1 is 1.10 bits per heavy atom. The summed E-state index contributed by atoms with van der Waals surface area (Å²) >= 11 is 0. The highest BCUT2D eigenvalue weighted by Gasteiger charge is 2.34. The van der Waals surface area contributed by atoms with Crippen molar-refractivity contribution >= 4 is 11.8 Å². The van der Waals surface area contributed by atoms with Crippen LogP contribution in [0.5, 0.6) is 0 Å². The number of rotatable bonds is 1. The third-order valence-electron chi connectivity index (χ3n) is 2.55. The van der Waals surface area contributed by atoms with Crippen LogP contribution < -0.4 is 11.5 Å². The first kappa shape index (κ1) is 13.6. The van der Waals surface area contributed by atoms with Crippen LogP contribution in [0, 0.1) is 11.3 Å². The normalized spacial score (nSPS) is 11.1. The standard InChI is InChI=1S/C12H8F3N5/c13-12(14,15)8-4-2-1-3-6(8)9-7(5-16)10(17)20-11(18)19-9/h1-4H,(H4,17,18,19,20). The van der Waals surface area contributed by atoms with Gasteiger partial charge in [0.05, 0.1) is 11.3 Å². The molecule has 0 amide bonds. The highest BCUT2D eigenvalue weighted by molar-refractivity contribution is 5.75. The number of benzene rings is 1. The van der Waals surface area contributed by atoms with Gasteiger partial charge in [-0.2, -0.15) is 23.4 Å². The molecule has 4 N–H and O–H groups in total. The van der Waals surface area contributed by atoms with Crippen molar-refractivity contribution in [2.45, 2.75) is 6.18 Å². The molecule has 0 aliphatic heterocycles. The molecule has 1 aromatic carbocycles. The van der Waals surface area contributed by atoms with Crippen molar-refractivity contribution in [1.82, 2.24) is 9.97 Å². The van der Waals surface area contributed by atoms with Gasteiger partial charge in [0.15, 0.2) is 0 Å². The summed E-state index contributed by atoms with van der Waals surface area (Å²) in [4.78, 5) is 7.28. The zero-order chi connectivity index (χ0) is 14.9. The van der Waals surface area contributed by atoms with E-state index in [-0.39, 0.29) is 28.6 Å². The zero-order valence-corrected chi connectivity index (χ0v) is 9.94. The quantitative estimate of drug-likeness (QED) is 0.833. The van der Waals surface area contributed by atoms with Crippen molar-refractivity contribution in [3.63, 3.8) is 0 Å². The number of halogens is 3. The van der Waals surface area contributed by atoms with Crippen LogP contribution in [0.25, 0.3) is 11.3 Å². The maximum Gasteiger partial charge on any atom is 0.417 e. The summed E-state index contributed by atoms with van der Waals surface area (Å²) in [5, 5.41) is 9.01. The van der Waals surface area contributed by atoms with Crippen molar-refractivity contribution in [2.75, 3.05) is 11.5 Å². The molecule has 20 heavy (non-hydrogen) atoms. The fourth-order valence-electron chi connectivity index (χ4n) is 1.74. The van der Waals surface area contributed by atoms with Crippen LogP contribution in [0.4, 0.5) is 24.9 Å². The van der Waals surface area contributed by atoms with E-state index in [9.17, 15) is 13.2 Å². The van der Waals surface area contributed by atoms with Gasteiger partial charge in [-0.3, -0.25) is 0 Å². The smallest absolute Gasteiger partial charge is 0.382 e. The lowest BCUT2D eigenvalue weighted by atomic mass is 10.0. The second-order valence-corrected chi connectivity index (χ2v) is 3.85. The SMILES string of the molecule is N#Cc1c(N)nc(N)nc1-c1ccccc1C(F)(F)F. The van der Waals surface area contributed by atoms with Crippen LogP contribution in [0.1, 0.15) is 11.1 Å². The fraction of sp³-hybridized carbons (Fsp3) is 0.0833. The van der Waals surface area contributed by atoms with E-state index < -0.39 is 11.7 Å². The maximum atomic E-state index is 13.0. The molecule has 0 saturated heterocycles. The predicted octanol–water partition coefficient (Wildman–Crippen LogP) is 2.20. The number of alkyl halides is 3. The number of hydrogen-bond acceptors (Lipinski definition) is 5. The van der Waals surface area contributed by atoms with Gasteiger partial charge in [0, 0.05) is 5.56 Å². The summed E-state index contributed by atoms with van der Waals surface area (Å²) in [7, 11) is 0. The molecule has 0 radical (unpaired) electrons. The van der Waals surface area contributed by atoms with E-state index in [1.165, 1.54) is 18.2 Å². The Morgan fingerprint density at radius 3 is 2.35 bits per heavy atom. The number of nitrogens with two attached hydrogens (primary N) is 2. The van der Waals surface area contributed by atoms with Crippen molar-refractivity contribution in [1.29, 1.82) is 5.26 Å². The Bertz CT molecular complexity index is 703. The third-order valence-corrected chi connectivity index (χ3v) is 2.55. The molecular weight excluding hydrogens is 271 g/mol. The Labute approximate surface area is 111 Å². The minimum atomic E-state index is -4.59. The van der Waals surface area contributed by atoms with Gasteiger partial charge in [-0.05, 0) is 6.07 Å². The first-order chi connectivity index (χ1) is 9.34. The van der Waals surface area contributed by atoms with Crippen LogP contribution in [-0.4, -0.2) is 9.97 Å². The largest absolute Gasteiger partial charge is 0.417 e. The predicted molar refractivity (Wildman–Crippen MR) is 66.0 cm³/mol. The molecular formula is C12H8F3N5. The second kappa shape index (κ2) is 4.70. The van der Waals surface area contributed by atoms with E-state index >= 15 is 0 Å². The topological polar surface area (TPSA) is 102 Å². The first-order valence-corrected chi connectivity index (χ1v) is 5.34. The number of anilines is 2. The van der Waals surface area contributed by atoms with Gasteiger partial charge in [0.2, 0.25) is 5.95 Å². The highest BCUT2D eigenvalue weighted by Crippen LogP contribution is 2.38. The molecule has 0 aliphatic carbocycles. The number of aromatic nitrogens is 2. The lowest BCUT2D eigenvalue weighted by Crippen LogP contribution is -2.10. The van der Waals surface area contributed by atoms with E-state index in [1.807, 2.05) is 0 Å². The summed E-state index contributed by atoms with van der Waals surface area (Å²) in [5.74, 6) is -0.555. The molecule has 102 valence electrons. The monoisotopic (exact) mass is 279 g/mol. The van der Waals surface area contributed by atoms with Crippen molar-refractivity contribution in [3.05, 3.63) is 35.4 Å². The fourth-order valence-corrected chi connectivity index (χ4v) is 1.74. The maximum absolute atomic E-state index is 13.0. The summed E-state index contributed by atoms with van der Waals surface area (Å²) in [6, 6.07) is 6.43. The van der Waals surface area contributed by atoms with Crippen molar-refractivity contribution in [3.8, 4) is 17.3 Å². The van der Waals surface area contributed by atoms with Gasteiger partial charge in [-0.1, -0.05) is 18.2 Å². The number of hydrogen-bond donors (Lipinski definition) is 2. The Kier molecular flexibility index (Phi) is 3.19. The van der Waals surface area contributed by atoms with E-state index in [4.69, 9.17) is 16.7 Å². The summed E-state index contributed by atoms with van der Waals surface area (Å²) in [6.45, 7) is 0. The van der Waals surface area contributed by atoms with Crippen molar-refractivity contribution in [2.24, 2.45) is 0 Å². The summed E-state index contributed by atoms with van der Waals surface area (Å²) < 4.78 is 38.9. The second-order valence-electron chi connectivity index (χ2n) is 3.85. The summed E-state index contributed by atoms with van der Waals surface area (Å²) in [6.07, 6.45) is -4.59. The van der Waals surface area contributed by atoms with Crippen molar-refractivity contribution < 1.29 is 13.2 Å². The van der Waals surface area contributed by atoms with E-state index in [2.05, 4.69) is 9.97 Å². The Morgan fingerprint density at radius 2 is 1.75 bits per heavy atom. The van der Waals surface area contributed by atoms with Crippen LogP contribution in [-0.2, 0) is 6.18 Å². The molecule has 0 saturated carbocycles. The lowest BCUT2D eigenvalue weighted by molar-refractivity contribution is -0.137. The number of nitrogen functional groups attached to an aromatic ring is 2. The Balaban J connectivity index is 2.80. The van der Waals surface area contributed by atoms with Crippen LogP contribution in [0.15, 0.2) is 24.3 Å². The molecule has 0 aliphatic rings. The van der Waals surface area contributed by atoms with Crippen LogP contribution in [0.2, 0.25) is 0 Å². The van der Waals surface area contributed by atoms with Gasteiger partial charge in [0.25, 0.3) is 0 Å². The average molecular weight is 279 g/mol. The van der Waals surface area contributed by atoms with Gasteiger partial charge < -0.3 is 11.5 Å².